The van der Waals surface area contributed by atoms with Gasteiger partial charge in [0.25, 0.3) is 5.56 Å². The largest absolute Gasteiger partial charge is 0.294 e. The fraction of sp³-hybridized carbons (Fsp3) is 0.154. The molecule has 0 saturated heterocycles. The van der Waals surface area contributed by atoms with Crippen LogP contribution in [0.5, 0.6) is 0 Å². The fourth-order valence-electron chi connectivity index (χ4n) is 3.91. The van der Waals surface area contributed by atoms with E-state index in [4.69, 9.17) is 0 Å². The third-order valence-electron chi connectivity index (χ3n) is 5.61. The quantitative estimate of drug-likeness (QED) is 0.181. The standard InChI is InChI=1S/C26H21FN4O2S/c27-20-14-12-19(13-15-20)23(32)11-6-16-34-26-29-28-25-30(17-18-7-2-1-3-8-18)24(33)21-9-4-5-10-22(21)31(25)26/h1-5,7-10,12-15H,6,11,16-17H2. The Morgan fingerprint density at radius 3 is 2.44 bits per heavy atom. The lowest BCUT2D eigenvalue weighted by molar-refractivity contribution is 0.0982. The number of halogens is 1. The number of nitrogens with zero attached hydrogens (tertiary/aromatic N) is 4. The minimum absolute atomic E-state index is 0.0196. The topological polar surface area (TPSA) is 69.3 Å². The van der Waals surface area contributed by atoms with Crippen LogP contribution in [0.2, 0.25) is 0 Å². The summed E-state index contributed by atoms with van der Waals surface area (Å²) in [5, 5.41) is 9.98. The van der Waals surface area contributed by atoms with E-state index in [2.05, 4.69) is 10.2 Å². The van der Waals surface area contributed by atoms with Gasteiger partial charge < -0.3 is 0 Å². The maximum Gasteiger partial charge on any atom is 0.263 e. The SMILES string of the molecule is O=C(CCCSc1nnc2n(Cc3ccccc3)c(=O)c3ccccc3n12)c1ccc(F)cc1. The Morgan fingerprint density at radius 2 is 1.65 bits per heavy atom. The molecule has 8 heteroatoms. The Labute approximate surface area is 199 Å². The zero-order valence-electron chi connectivity index (χ0n) is 18.2. The van der Waals surface area contributed by atoms with Gasteiger partial charge in [-0.3, -0.25) is 18.6 Å². The molecule has 5 rings (SSSR count). The minimum atomic E-state index is -0.358. The summed E-state index contributed by atoms with van der Waals surface area (Å²) in [6.07, 6.45) is 0.992. The van der Waals surface area contributed by atoms with Crippen molar-refractivity contribution in [3.05, 3.63) is 106 Å². The lowest BCUT2D eigenvalue weighted by Crippen LogP contribution is -2.24. The van der Waals surface area contributed by atoms with Crippen LogP contribution in [-0.4, -0.2) is 30.7 Å². The van der Waals surface area contributed by atoms with Crippen LogP contribution in [-0.2, 0) is 6.54 Å². The van der Waals surface area contributed by atoms with E-state index in [0.29, 0.717) is 47.0 Å². The van der Waals surface area contributed by atoms with Gasteiger partial charge in [-0.1, -0.05) is 54.2 Å². The molecular weight excluding hydrogens is 451 g/mol. The van der Waals surface area contributed by atoms with Gasteiger partial charge >= 0.3 is 0 Å². The van der Waals surface area contributed by atoms with Gasteiger partial charge in [-0.05, 0) is 48.4 Å². The zero-order chi connectivity index (χ0) is 23.5. The van der Waals surface area contributed by atoms with Crippen molar-refractivity contribution in [3.63, 3.8) is 0 Å². The van der Waals surface area contributed by atoms with E-state index in [-0.39, 0.29) is 17.2 Å². The number of benzene rings is 3. The average Bonchev–Trinajstić information content (AvgIpc) is 3.29. The first-order valence-corrected chi connectivity index (χ1v) is 11.9. The normalized spacial score (nSPS) is 11.3. The van der Waals surface area contributed by atoms with Gasteiger partial charge in [0.2, 0.25) is 5.78 Å². The van der Waals surface area contributed by atoms with Crippen LogP contribution in [0.25, 0.3) is 16.7 Å². The number of para-hydroxylation sites is 1. The van der Waals surface area contributed by atoms with Crippen molar-refractivity contribution in [1.29, 1.82) is 0 Å². The molecule has 3 aromatic carbocycles. The molecule has 0 saturated carbocycles. The Balaban J connectivity index is 1.40. The van der Waals surface area contributed by atoms with E-state index in [1.54, 1.807) is 4.57 Å². The second-order valence-electron chi connectivity index (χ2n) is 7.89. The van der Waals surface area contributed by atoms with Gasteiger partial charge in [-0.15, -0.1) is 10.2 Å². The Kier molecular flexibility index (Phi) is 6.22. The summed E-state index contributed by atoms with van der Waals surface area (Å²) >= 11 is 1.49. The molecule has 6 nitrogen and oxygen atoms in total. The van der Waals surface area contributed by atoms with E-state index in [9.17, 15) is 14.0 Å². The molecule has 0 unspecified atom stereocenters. The summed E-state index contributed by atoms with van der Waals surface area (Å²) in [6.45, 7) is 0.392. The van der Waals surface area contributed by atoms with Gasteiger partial charge in [0.1, 0.15) is 5.82 Å². The molecule has 0 aliphatic heterocycles. The molecule has 0 bridgehead atoms. The van der Waals surface area contributed by atoms with Gasteiger partial charge in [0.15, 0.2) is 10.9 Å². The predicted molar refractivity (Wildman–Crippen MR) is 131 cm³/mol. The first-order valence-electron chi connectivity index (χ1n) is 10.9. The number of carbonyl (C=O) groups is 1. The smallest absolute Gasteiger partial charge is 0.263 e. The van der Waals surface area contributed by atoms with Crippen molar-refractivity contribution in [2.45, 2.75) is 24.5 Å². The van der Waals surface area contributed by atoms with E-state index >= 15 is 0 Å². The molecular formula is C26H21FN4O2S. The van der Waals surface area contributed by atoms with Crippen LogP contribution in [0.4, 0.5) is 4.39 Å². The Morgan fingerprint density at radius 1 is 0.912 bits per heavy atom. The number of ketones is 1. The van der Waals surface area contributed by atoms with Crippen molar-refractivity contribution in [3.8, 4) is 0 Å². The van der Waals surface area contributed by atoms with E-state index in [1.807, 2.05) is 59.0 Å². The third-order valence-corrected chi connectivity index (χ3v) is 6.62. The molecule has 0 fully saturated rings. The second-order valence-corrected chi connectivity index (χ2v) is 8.96. The van der Waals surface area contributed by atoms with Crippen molar-refractivity contribution in [1.82, 2.24) is 19.2 Å². The number of Topliss-reactive ketones (excluding diaryl/α,β-unsaturated/α-hetero) is 1. The molecule has 5 aromatic rings. The third kappa shape index (κ3) is 4.36. The van der Waals surface area contributed by atoms with Crippen LogP contribution in [0.3, 0.4) is 0 Å². The van der Waals surface area contributed by atoms with Crippen LogP contribution in [0.1, 0.15) is 28.8 Å². The molecule has 0 radical (unpaired) electrons. The highest BCUT2D eigenvalue weighted by atomic mass is 32.2. The van der Waals surface area contributed by atoms with Crippen molar-refractivity contribution >= 4 is 34.2 Å². The van der Waals surface area contributed by atoms with E-state index in [0.717, 1.165) is 11.1 Å². The molecule has 170 valence electrons. The van der Waals surface area contributed by atoms with Crippen LogP contribution >= 0.6 is 11.8 Å². The number of hydrogen-bond donors (Lipinski definition) is 0. The molecule has 0 N–H and O–H groups in total. The van der Waals surface area contributed by atoms with Crippen LogP contribution < -0.4 is 5.56 Å². The average molecular weight is 473 g/mol. The van der Waals surface area contributed by atoms with E-state index < -0.39 is 0 Å². The van der Waals surface area contributed by atoms with Gasteiger partial charge in [-0.25, -0.2) is 4.39 Å². The summed E-state index contributed by atoms with van der Waals surface area (Å²) < 4.78 is 16.6. The Hall–Kier alpha value is -3.78. The maximum atomic E-state index is 13.3. The lowest BCUT2D eigenvalue weighted by Gasteiger charge is -2.11. The minimum Gasteiger partial charge on any atom is -0.294 e. The van der Waals surface area contributed by atoms with Crippen molar-refractivity contribution in [2.24, 2.45) is 0 Å². The highest BCUT2D eigenvalue weighted by molar-refractivity contribution is 7.99. The Bertz CT molecular complexity index is 1530. The van der Waals surface area contributed by atoms with Crippen LogP contribution in [0, 0.1) is 5.82 Å². The molecule has 34 heavy (non-hydrogen) atoms. The summed E-state index contributed by atoms with van der Waals surface area (Å²) in [5.41, 5.74) is 2.15. The van der Waals surface area contributed by atoms with Gasteiger partial charge in [0, 0.05) is 17.7 Å². The van der Waals surface area contributed by atoms with Crippen LogP contribution in [0.15, 0.2) is 88.8 Å². The first kappa shape index (κ1) is 22.0. The van der Waals surface area contributed by atoms with Gasteiger partial charge in [-0.2, -0.15) is 0 Å². The number of carbonyl (C=O) groups excluding carboxylic acids is 1. The number of rotatable bonds is 8. The molecule has 0 atom stereocenters. The van der Waals surface area contributed by atoms with Crippen molar-refractivity contribution < 1.29 is 9.18 Å². The monoisotopic (exact) mass is 472 g/mol. The molecule has 2 heterocycles. The number of aromatic nitrogens is 4. The summed E-state index contributed by atoms with van der Waals surface area (Å²) in [4.78, 5) is 25.6. The molecule has 0 spiro atoms. The highest BCUT2D eigenvalue weighted by Gasteiger charge is 2.17. The molecule has 0 aliphatic rings. The predicted octanol–water partition coefficient (Wildman–Crippen LogP) is 4.99. The zero-order valence-corrected chi connectivity index (χ0v) is 19.0. The lowest BCUT2D eigenvalue weighted by atomic mass is 10.1. The second kappa shape index (κ2) is 9.61. The summed E-state index contributed by atoms with van der Waals surface area (Å²) in [6, 6.07) is 22.8. The highest BCUT2D eigenvalue weighted by Crippen LogP contribution is 2.23. The van der Waals surface area contributed by atoms with Crippen molar-refractivity contribution in [2.75, 3.05) is 5.75 Å². The maximum absolute atomic E-state index is 13.3. The number of hydrogen-bond acceptors (Lipinski definition) is 5. The number of thioether (sulfide) groups is 1. The van der Waals surface area contributed by atoms with E-state index in [1.165, 1.54) is 36.0 Å². The summed E-state index contributed by atoms with van der Waals surface area (Å²) in [7, 11) is 0. The fourth-order valence-corrected chi connectivity index (χ4v) is 4.79. The number of fused-ring (bicyclic) bond motifs is 3. The molecule has 0 amide bonds. The molecule has 2 aromatic heterocycles. The van der Waals surface area contributed by atoms with Gasteiger partial charge in [0.05, 0.1) is 17.4 Å². The first-order chi connectivity index (χ1) is 16.6. The summed E-state index contributed by atoms with van der Waals surface area (Å²) in [5.74, 6) is 0.759. The molecule has 0 aliphatic carbocycles.